The van der Waals surface area contributed by atoms with E-state index >= 15 is 0 Å². The molecule has 41 heavy (non-hydrogen) atoms. The van der Waals surface area contributed by atoms with Gasteiger partial charge in [0, 0.05) is 60.4 Å². The molecule has 4 rings (SSSR count). The second kappa shape index (κ2) is 15.1. The zero-order chi connectivity index (χ0) is 29.5. The third-order valence-corrected chi connectivity index (χ3v) is 8.61. The number of carbonyl (C=O) groups is 1. The summed E-state index contributed by atoms with van der Waals surface area (Å²) in [5, 5.41) is 12.3. The number of aliphatic hydroxyl groups is 1. The molecule has 1 aromatic heterocycles. The minimum absolute atomic E-state index is 0. The van der Waals surface area contributed by atoms with Gasteiger partial charge in [0.25, 0.3) is 0 Å². The maximum atomic E-state index is 11.8. The number of ether oxygens (including phenoxy) is 1. The van der Waals surface area contributed by atoms with Crippen LogP contribution in [0.2, 0.25) is 0 Å². The van der Waals surface area contributed by atoms with Crippen molar-refractivity contribution >= 4 is 16.6 Å². The number of benzene rings is 2. The van der Waals surface area contributed by atoms with Crippen LogP contribution in [0.3, 0.4) is 0 Å². The van der Waals surface area contributed by atoms with E-state index in [1.807, 2.05) is 72.0 Å². The van der Waals surface area contributed by atoms with Crippen LogP contribution in [0.5, 0.6) is 11.6 Å². The molecule has 0 atom stereocenters. The van der Waals surface area contributed by atoms with Gasteiger partial charge in [-0.25, -0.2) is 4.98 Å². The summed E-state index contributed by atoms with van der Waals surface area (Å²) >= 11 is 0. The maximum absolute atomic E-state index is 11.8. The molecule has 1 heterocycles. The predicted molar refractivity (Wildman–Crippen MR) is 166 cm³/mol. The number of aliphatic hydroxyl groups excluding tert-OH is 1. The number of pyridine rings is 1. The molecule has 5 heteroatoms. The van der Waals surface area contributed by atoms with Crippen LogP contribution in [-0.2, 0) is 24.9 Å². The summed E-state index contributed by atoms with van der Waals surface area (Å²) in [6.07, 6.45) is 10.3. The van der Waals surface area contributed by atoms with E-state index in [9.17, 15) is 9.90 Å². The number of ketones is 1. The van der Waals surface area contributed by atoms with Crippen LogP contribution in [0.25, 0.3) is 10.8 Å². The van der Waals surface area contributed by atoms with Gasteiger partial charge in [-0.15, -0.1) is 12.1 Å². The molecule has 3 aromatic rings. The van der Waals surface area contributed by atoms with Crippen molar-refractivity contribution in [3.63, 3.8) is 0 Å². The average Bonchev–Trinajstić information content (AvgIpc) is 3.48. The number of fused-ring (bicyclic) bond motifs is 1. The van der Waals surface area contributed by atoms with E-state index in [1.54, 1.807) is 0 Å². The van der Waals surface area contributed by atoms with Gasteiger partial charge in [0.05, 0.1) is 0 Å². The molecule has 0 amide bonds. The third kappa shape index (κ3) is 9.25. The summed E-state index contributed by atoms with van der Waals surface area (Å²) in [6.45, 7) is 16.2. The number of rotatable bonds is 9. The molecule has 0 bridgehead atoms. The Hall–Kier alpha value is -2.49. The van der Waals surface area contributed by atoms with E-state index in [2.05, 4.69) is 43.1 Å². The Balaban J connectivity index is 0.000000320. The van der Waals surface area contributed by atoms with Gasteiger partial charge in [-0.1, -0.05) is 74.3 Å². The van der Waals surface area contributed by atoms with E-state index in [-0.39, 0.29) is 42.5 Å². The summed E-state index contributed by atoms with van der Waals surface area (Å²) in [5.41, 5.74) is 2.33. The standard InChI is InChI=1S/C23H24NO.C13H24O2.Ir/c1-16(2)21-13-19-15-24-23(25-20-10-4-3-5-11-20)14-18(19)12-22(21)17-8-6-7-9-17;1-7-12(3,4)10(14)9-11(15)13(5,6)8-2;/h3-5,10,12-17H,6-9H2,1-2H3;9,14H,7-8H2,1-6H3;/q-1;;/b;10-9-;. The second-order valence-electron chi connectivity index (χ2n) is 12.7. The van der Waals surface area contributed by atoms with Gasteiger partial charge in [0.1, 0.15) is 5.76 Å². The van der Waals surface area contributed by atoms with Crippen molar-refractivity contribution in [2.24, 2.45) is 10.8 Å². The van der Waals surface area contributed by atoms with Gasteiger partial charge >= 0.3 is 0 Å². The number of aromatic nitrogens is 1. The Bertz CT molecular complexity index is 1310. The molecular formula is C36H48IrNO3-. The van der Waals surface area contributed by atoms with Crippen LogP contribution in [0.1, 0.15) is 117 Å². The van der Waals surface area contributed by atoms with Gasteiger partial charge < -0.3 is 9.84 Å². The van der Waals surface area contributed by atoms with E-state index < -0.39 is 0 Å². The molecule has 1 saturated carbocycles. The Kier molecular flexibility index (Phi) is 12.8. The molecule has 0 aliphatic heterocycles. The normalized spacial score (nSPS) is 14.4. The van der Waals surface area contributed by atoms with Crippen molar-refractivity contribution in [3.05, 3.63) is 77.7 Å². The topological polar surface area (TPSA) is 59.4 Å². The number of para-hydroxylation sites is 1. The zero-order valence-corrected chi connectivity index (χ0v) is 28.5. The molecule has 1 fully saturated rings. The van der Waals surface area contributed by atoms with Gasteiger partial charge in [0.15, 0.2) is 5.78 Å². The van der Waals surface area contributed by atoms with Crippen molar-refractivity contribution in [2.45, 2.75) is 106 Å². The van der Waals surface area contributed by atoms with E-state index in [0.717, 1.165) is 12.8 Å². The first-order chi connectivity index (χ1) is 18.9. The molecule has 1 N–H and O–H groups in total. The van der Waals surface area contributed by atoms with Gasteiger partial charge in [0.2, 0.25) is 5.88 Å². The zero-order valence-electron chi connectivity index (χ0n) is 26.1. The minimum atomic E-state index is -0.377. The predicted octanol–water partition coefficient (Wildman–Crippen LogP) is 10.5. The molecule has 2 aromatic carbocycles. The average molecular weight is 735 g/mol. The first-order valence-electron chi connectivity index (χ1n) is 14.9. The molecular weight excluding hydrogens is 687 g/mol. The van der Waals surface area contributed by atoms with Crippen LogP contribution in [0.4, 0.5) is 0 Å². The maximum Gasteiger partial charge on any atom is 0.217 e. The Morgan fingerprint density at radius 3 is 2.27 bits per heavy atom. The second-order valence-corrected chi connectivity index (χ2v) is 12.7. The molecule has 225 valence electrons. The SMILES string of the molecule is CC(C)c1cc2cnc(Oc3[c-]cccc3)cc2cc1C1CCCC1.CCC(C)(C)C(=O)/C=C(\O)C(C)(C)CC.[Ir]. The van der Waals surface area contributed by atoms with Crippen molar-refractivity contribution in [1.82, 2.24) is 4.98 Å². The number of allylic oxidation sites excluding steroid dienone is 2. The first-order valence-corrected chi connectivity index (χ1v) is 14.9. The fourth-order valence-electron chi connectivity index (χ4n) is 4.78. The Morgan fingerprint density at radius 2 is 1.71 bits per heavy atom. The Labute approximate surface area is 261 Å². The monoisotopic (exact) mass is 735 g/mol. The molecule has 4 nitrogen and oxygen atoms in total. The fourth-order valence-corrected chi connectivity index (χ4v) is 4.78. The van der Waals surface area contributed by atoms with Gasteiger partial charge in [-0.05, 0) is 60.1 Å². The largest absolute Gasteiger partial charge is 0.512 e. The summed E-state index contributed by atoms with van der Waals surface area (Å²) in [4.78, 5) is 16.3. The van der Waals surface area contributed by atoms with Crippen LogP contribution in [0, 0.1) is 16.9 Å². The number of hydrogen-bond donors (Lipinski definition) is 1. The smallest absolute Gasteiger partial charge is 0.217 e. The van der Waals surface area contributed by atoms with Crippen molar-refractivity contribution in [2.75, 3.05) is 0 Å². The summed E-state index contributed by atoms with van der Waals surface area (Å²) < 4.78 is 5.86. The molecule has 1 aliphatic carbocycles. The van der Waals surface area contributed by atoms with Crippen LogP contribution >= 0.6 is 0 Å². The molecule has 0 unspecified atom stereocenters. The van der Waals surface area contributed by atoms with E-state index in [4.69, 9.17) is 4.74 Å². The fraction of sp³-hybridized carbons (Fsp3) is 0.500. The third-order valence-electron chi connectivity index (χ3n) is 8.61. The van der Waals surface area contributed by atoms with Crippen molar-refractivity contribution in [3.8, 4) is 11.6 Å². The number of hydrogen-bond acceptors (Lipinski definition) is 4. The van der Waals surface area contributed by atoms with Crippen LogP contribution in [-0.4, -0.2) is 15.9 Å². The molecule has 0 spiro atoms. The van der Waals surface area contributed by atoms with Crippen LogP contribution < -0.4 is 4.74 Å². The van der Waals surface area contributed by atoms with Gasteiger partial charge in [-0.2, -0.15) is 18.2 Å². The summed E-state index contributed by atoms with van der Waals surface area (Å²) in [7, 11) is 0. The quantitative estimate of drug-likeness (QED) is 0.135. The van der Waals surface area contributed by atoms with Crippen molar-refractivity contribution < 1.29 is 34.7 Å². The minimum Gasteiger partial charge on any atom is -0.512 e. The van der Waals surface area contributed by atoms with E-state index in [0.29, 0.717) is 23.5 Å². The summed E-state index contributed by atoms with van der Waals surface area (Å²) in [6, 6.07) is 17.5. The molecule has 1 aliphatic rings. The molecule has 1 radical (unpaired) electrons. The first kappa shape index (κ1) is 34.7. The number of nitrogens with zero attached hydrogens (tertiary/aromatic N) is 1. The van der Waals surface area contributed by atoms with Crippen LogP contribution in [0.15, 0.2) is 60.5 Å². The number of carbonyl (C=O) groups excluding carboxylic acids is 1. The molecule has 0 saturated heterocycles. The van der Waals surface area contributed by atoms with Crippen molar-refractivity contribution in [1.29, 1.82) is 0 Å². The van der Waals surface area contributed by atoms with Gasteiger partial charge in [-0.3, -0.25) is 4.79 Å². The van der Waals surface area contributed by atoms with E-state index in [1.165, 1.54) is 53.7 Å². The summed E-state index contributed by atoms with van der Waals surface area (Å²) in [5.74, 6) is 2.77. The Morgan fingerprint density at radius 1 is 1.05 bits per heavy atom.